The minimum atomic E-state index is -1.10. The first-order chi connectivity index (χ1) is 16.3. The van der Waals surface area contributed by atoms with Gasteiger partial charge in [0.15, 0.2) is 11.5 Å². The van der Waals surface area contributed by atoms with Crippen LogP contribution >= 0.6 is 0 Å². The van der Waals surface area contributed by atoms with E-state index in [1.54, 1.807) is 36.6 Å². The van der Waals surface area contributed by atoms with E-state index in [4.69, 9.17) is 20.3 Å². The number of aliphatic hydroxyl groups excluding tert-OH is 1. The quantitative estimate of drug-likeness (QED) is 0.319. The standard InChI is InChI=1S/C23H30N6O5.CH4/c1-23(2,24)21(31)26-18(15-33-13-16-6-4-3-5-7-16)20-28-27-19-9-8-17(12-29(19)20)14-34-22(32)25-10-11-30;/h3-9,12,18,30H,10-11,13-15,24H2,1-2H3,(H,25,32)(H,26,31);1H4/t18-;/m1./s1. The van der Waals surface area contributed by atoms with Gasteiger partial charge in [-0.3, -0.25) is 9.20 Å². The fourth-order valence-electron chi connectivity index (χ4n) is 3.03. The van der Waals surface area contributed by atoms with Crippen LogP contribution in [0.15, 0.2) is 48.7 Å². The van der Waals surface area contributed by atoms with E-state index in [0.29, 0.717) is 23.6 Å². The normalized spacial score (nSPS) is 12.0. The molecule has 2 aromatic heterocycles. The van der Waals surface area contributed by atoms with E-state index in [0.717, 1.165) is 5.56 Å². The first kappa shape index (κ1) is 27.7. The lowest BCUT2D eigenvalue weighted by molar-refractivity contribution is -0.126. The number of fused-ring (bicyclic) bond motifs is 1. The van der Waals surface area contributed by atoms with Gasteiger partial charge < -0.3 is 30.9 Å². The zero-order valence-corrected chi connectivity index (χ0v) is 19.2. The molecule has 190 valence electrons. The number of pyridine rings is 1. The molecule has 3 rings (SSSR count). The highest BCUT2D eigenvalue weighted by molar-refractivity contribution is 5.85. The Morgan fingerprint density at radius 3 is 2.54 bits per heavy atom. The molecule has 2 amide bonds. The van der Waals surface area contributed by atoms with Crippen LogP contribution in [0, 0.1) is 0 Å². The molecular weight excluding hydrogens is 452 g/mol. The van der Waals surface area contributed by atoms with Crippen LogP contribution in [-0.4, -0.2) is 57.0 Å². The predicted octanol–water partition coefficient (Wildman–Crippen LogP) is 1.70. The average molecular weight is 487 g/mol. The van der Waals surface area contributed by atoms with Crippen molar-refractivity contribution in [1.82, 2.24) is 25.2 Å². The summed E-state index contributed by atoms with van der Waals surface area (Å²) in [7, 11) is 0. The van der Waals surface area contributed by atoms with Gasteiger partial charge in [-0.1, -0.05) is 43.8 Å². The summed E-state index contributed by atoms with van der Waals surface area (Å²) in [5, 5.41) is 22.5. The molecule has 0 unspecified atom stereocenters. The van der Waals surface area contributed by atoms with E-state index in [2.05, 4.69) is 20.8 Å². The second-order valence-electron chi connectivity index (χ2n) is 8.30. The number of carbonyl (C=O) groups excluding carboxylic acids is 2. The van der Waals surface area contributed by atoms with Crippen LogP contribution in [0.3, 0.4) is 0 Å². The Bertz CT molecular complexity index is 1100. The predicted molar refractivity (Wildman–Crippen MR) is 130 cm³/mol. The molecule has 3 aromatic rings. The maximum Gasteiger partial charge on any atom is 0.407 e. The van der Waals surface area contributed by atoms with Crippen molar-refractivity contribution in [1.29, 1.82) is 0 Å². The number of ether oxygens (including phenoxy) is 2. The number of rotatable bonds is 11. The molecule has 5 N–H and O–H groups in total. The molecule has 1 atom stereocenters. The van der Waals surface area contributed by atoms with Crippen molar-refractivity contribution in [3.63, 3.8) is 0 Å². The van der Waals surface area contributed by atoms with Crippen LogP contribution in [0.25, 0.3) is 5.65 Å². The highest BCUT2D eigenvalue weighted by Gasteiger charge is 2.28. The molecule has 0 saturated heterocycles. The van der Waals surface area contributed by atoms with Crippen molar-refractivity contribution in [2.75, 3.05) is 19.8 Å². The molecule has 0 bridgehead atoms. The van der Waals surface area contributed by atoms with Crippen LogP contribution in [0.2, 0.25) is 0 Å². The van der Waals surface area contributed by atoms with Crippen molar-refractivity contribution >= 4 is 17.6 Å². The fourth-order valence-corrected chi connectivity index (χ4v) is 3.03. The Balaban J connectivity index is 0.00000432. The third-order valence-corrected chi connectivity index (χ3v) is 4.84. The number of aromatic nitrogens is 3. The molecule has 0 saturated carbocycles. The number of hydrogen-bond donors (Lipinski definition) is 4. The minimum Gasteiger partial charge on any atom is -0.445 e. The van der Waals surface area contributed by atoms with Crippen molar-refractivity contribution in [3.8, 4) is 0 Å². The first-order valence-corrected chi connectivity index (χ1v) is 10.8. The van der Waals surface area contributed by atoms with Gasteiger partial charge in [0.05, 0.1) is 25.4 Å². The second kappa shape index (κ2) is 12.8. The zero-order chi connectivity index (χ0) is 24.6. The van der Waals surface area contributed by atoms with Crippen LogP contribution < -0.4 is 16.4 Å². The van der Waals surface area contributed by atoms with Gasteiger partial charge in [-0.15, -0.1) is 10.2 Å². The summed E-state index contributed by atoms with van der Waals surface area (Å²) in [5.74, 6) is 0.0878. The SMILES string of the molecule is C.CC(C)(N)C(=O)N[C@H](COCc1ccccc1)c1nnc2ccc(COC(=O)NCCO)cn12. The average Bonchev–Trinajstić information content (AvgIpc) is 3.24. The first-order valence-electron chi connectivity index (χ1n) is 10.8. The lowest BCUT2D eigenvalue weighted by atomic mass is 10.1. The summed E-state index contributed by atoms with van der Waals surface area (Å²) in [6.07, 6.45) is 1.09. The third-order valence-electron chi connectivity index (χ3n) is 4.84. The van der Waals surface area contributed by atoms with E-state index < -0.39 is 17.7 Å². The maximum absolute atomic E-state index is 12.6. The van der Waals surface area contributed by atoms with Gasteiger partial charge in [-0.05, 0) is 25.5 Å². The molecule has 0 fully saturated rings. The number of benzene rings is 1. The molecule has 0 spiro atoms. The van der Waals surface area contributed by atoms with E-state index in [-0.39, 0.29) is 39.7 Å². The third kappa shape index (κ3) is 8.02. The number of alkyl carbamates (subject to hydrolysis) is 1. The Morgan fingerprint density at radius 2 is 1.86 bits per heavy atom. The van der Waals surface area contributed by atoms with Crippen molar-refractivity contribution in [3.05, 3.63) is 65.6 Å². The number of nitrogens with zero attached hydrogens (tertiary/aromatic N) is 3. The van der Waals surface area contributed by atoms with E-state index in [1.165, 1.54) is 0 Å². The van der Waals surface area contributed by atoms with Crippen LogP contribution in [0.4, 0.5) is 4.79 Å². The van der Waals surface area contributed by atoms with Crippen molar-refractivity contribution in [2.45, 2.75) is 46.1 Å². The van der Waals surface area contributed by atoms with E-state index >= 15 is 0 Å². The molecule has 2 heterocycles. The summed E-state index contributed by atoms with van der Waals surface area (Å²) in [6, 6.07) is 12.5. The summed E-state index contributed by atoms with van der Waals surface area (Å²) >= 11 is 0. The minimum absolute atomic E-state index is 0. The Labute approximate surface area is 204 Å². The van der Waals surface area contributed by atoms with Gasteiger partial charge in [0.1, 0.15) is 12.6 Å². The van der Waals surface area contributed by atoms with Gasteiger partial charge in [-0.2, -0.15) is 0 Å². The van der Waals surface area contributed by atoms with Gasteiger partial charge >= 0.3 is 6.09 Å². The zero-order valence-electron chi connectivity index (χ0n) is 19.2. The van der Waals surface area contributed by atoms with E-state index in [1.807, 2.05) is 30.3 Å². The fraction of sp³-hybridized carbons (Fsp3) is 0.417. The number of aliphatic hydroxyl groups is 1. The van der Waals surface area contributed by atoms with E-state index in [9.17, 15) is 9.59 Å². The largest absolute Gasteiger partial charge is 0.445 e. The number of carbonyl (C=O) groups is 2. The molecule has 0 aliphatic heterocycles. The molecule has 11 heteroatoms. The molecule has 35 heavy (non-hydrogen) atoms. The number of hydrogen-bond acceptors (Lipinski definition) is 8. The highest BCUT2D eigenvalue weighted by Crippen LogP contribution is 2.17. The van der Waals surface area contributed by atoms with Gasteiger partial charge in [-0.25, -0.2) is 4.79 Å². The monoisotopic (exact) mass is 486 g/mol. The summed E-state index contributed by atoms with van der Waals surface area (Å²) < 4.78 is 12.7. The molecule has 0 aliphatic rings. The van der Waals surface area contributed by atoms with Crippen LogP contribution in [-0.2, 0) is 27.5 Å². The number of amides is 2. The molecular formula is C24H34N6O5. The van der Waals surface area contributed by atoms with Crippen LogP contribution in [0.1, 0.15) is 44.3 Å². The van der Waals surface area contributed by atoms with Crippen LogP contribution in [0.5, 0.6) is 0 Å². The lowest BCUT2D eigenvalue weighted by Crippen LogP contribution is -2.50. The van der Waals surface area contributed by atoms with Gasteiger partial charge in [0.25, 0.3) is 0 Å². The molecule has 0 radical (unpaired) electrons. The van der Waals surface area contributed by atoms with Gasteiger partial charge in [0, 0.05) is 18.3 Å². The molecule has 11 nitrogen and oxygen atoms in total. The smallest absolute Gasteiger partial charge is 0.407 e. The lowest BCUT2D eigenvalue weighted by Gasteiger charge is -2.23. The highest BCUT2D eigenvalue weighted by atomic mass is 16.5. The number of nitrogens with two attached hydrogens (primary N) is 1. The second-order valence-corrected chi connectivity index (χ2v) is 8.30. The molecule has 1 aromatic carbocycles. The van der Waals surface area contributed by atoms with Crippen molar-refractivity contribution < 1.29 is 24.2 Å². The Morgan fingerprint density at radius 1 is 1.11 bits per heavy atom. The molecule has 0 aliphatic carbocycles. The number of nitrogens with one attached hydrogen (secondary N) is 2. The Kier molecular flexibility index (Phi) is 10.1. The van der Waals surface area contributed by atoms with Gasteiger partial charge in [0.2, 0.25) is 5.91 Å². The van der Waals surface area contributed by atoms with Crippen molar-refractivity contribution in [2.24, 2.45) is 5.73 Å². The summed E-state index contributed by atoms with van der Waals surface area (Å²) in [6.45, 7) is 3.66. The summed E-state index contributed by atoms with van der Waals surface area (Å²) in [5.41, 5.74) is 7.11. The Hall–Kier alpha value is -3.54. The summed E-state index contributed by atoms with van der Waals surface area (Å²) in [4.78, 5) is 24.3. The maximum atomic E-state index is 12.6. The topological polar surface area (TPSA) is 153 Å².